The molecule has 0 fully saturated rings. The average molecular weight is 256 g/mol. The van der Waals surface area contributed by atoms with Crippen molar-refractivity contribution in [1.82, 2.24) is 10.3 Å². The van der Waals surface area contributed by atoms with Gasteiger partial charge in [0.2, 0.25) is 0 Å². The SMILES string of the molecule is Nc1c[nH]c(C(=O)NCc2ccc(Cl)s2)c1. The van der Waals surface area contributed by atoms with Crippen LogP contribution in [0.4, 0.5) is 5.69 Å². The van der Waals surface area contributed by atoms with Crippen LogP contribution in [0.2, 0.25) is 4.34 Å². The van der Waals surface area contributed by atoms with Gasteiger partial charge < -0.3 is 16.0 Å². The van der Waals surface area contributed by atoms with Crippen LogP contribution >= 0.6 is 22.9 Å². The third kappa shape index (κ3) is 2.56. The van der Waals surface area contributed by atoms with Crippen LogP contribution in [0.15, 0.2) is 24.4 Å². The van der Waals surface area contributed by atoms with Gasteiger partial charge in [-0.1, -0.05) is 11.6 Å². The minimum atomic E-state index is -0.179. The predicted octanol–water partition coefficient (Wildman–Crippen LogP) is 2.24. The molecule has 4 nitrogen and oxygen atoms in total. The molecule has 0 aliphatic heterocycles. The van der Waals surface area contributed by atoms with E-state index in [0.29, 0.717) is 22.3 Å². The number of halogens is 1. The fourth-order valence-electron chi connectivity index (χ4n) is 1.25. The van der Waals surface area contributed by atoms with Crippen molar-refractivity contribution in [3.05, 3.63) is 39.3 Å². The Bertz CT molecular complexity index is 506. The fraction of sp³-hybridized carbons (Fsp3) is 0.100. The van der Waals surface area contributed by atoms with Crippen molar-refractivity contribution in [2.45, 2.75) is 6.54 Å². The van der Waals surface area contributed by atoms with E-state index in [0.717, 1.165) is 4.88 Å². The Kier molecular flexibility index (Phi) is 3.17. The molecule has 0 aliphatic rings. The molecule has 0 atom stereocenters. The summed E-state index contributed by atoms with van der Waals surface area (Å²) in [5.74, 6) is -0.179. The van der Waals surface area contributed by atoms with Gasteiger partial charge in [-0.3, -0.25) is 4.79 Å². The largest absolute Gasteiger partial charge is 0.397 e. The van der Waals surface area contributed by atoms with Crippen LogP contribution in [-0.2, 0) is 6.54 Å². The van der Waals surface area contributed by atoms with Gasteiger partial charge in [0.25, 0.3) is 5.91 Å². The Morgan fingerprint density at radius 2 is 2.38 bits per heavy atom. The molecule has 16 heavy (non-hydrogen) atoms. The Morgan fingerprint density at radius 3 is 2.94 bits per heavy atom. The molecule has 2 aromatic heterocycles. The highest BCUT2D eigenvalue weighted by Crippen LogP contribution is 2.21. The summed E-state index contributed by atoms with van der Waals surface area (Å²) in [5, 5.41) is 2.77. The van der Waals surface area contributed by atoms with E-state index in [1.54, 1.807) is 18.3 Å². The number of hydrogen-bond acceptors (Lipinski definition) is 3. The highest BCUT2D eigenvalue weighted by atomic mass is 35.5. The number of thiophene rings is 1. The van der Waals surface area contributed by atoms with E-state index in [1.165, 1.54) is 11.3 Å². The summed E-state index contributed by atoms with van der Waals surface area (Å²) in [4.78, 5) is 15.4. The van der Waals surface area contributed by atoms with E-state index in [-0.39, 0.29) is 5.91 Å². The summed E-state index contributed by atoms with van der Waals surface area (Å²) < 4.78 is 0.716. The van der Waals surface area contributed by atoms with E-state index in [9.17, 15) is 4.79 Å². The second kappa shape index (κ2) is 4.59. The molecule has 1 amide bonds. The number of nitrogens with one attached hydrogen (secondary N) is 2. The zero-order valence-corrected chi connectivity index (χ0v) is 9.86. The fourth-order valence-corrected chi connectivity index (χ4v) is 2.28. The Hall–Kier alpha value is -1.46. The van der Waals surface area contributed by atoms with Crippen LogP contribution in [0, 0.1) is 0 Å². The first-order valence-electron chi connectivity index (χ1n) is 4.61. The van der Waals surface area contributed by atoms with Gasteiger partial charge in [-0.05, 0) is 18.2 Å². The number of aromatic amines is 1. The van der Waals surface area contributed by atoms with Crippen molar-refractivity contribution in [2.75, 3.05) is 5.73 Å². The zero-order chi connectivity index (χ0) is 11.5. The zero-order valence-electron chi connectivity index (χ0n) is 8.29. The number of aromatic nitrogens is 1. The second-order valence-electron chi connectivity index (χ2n) is 3.24. The maximum Gasteiger partial charge on any atom is 0.268 e. The molecule has 0 saturated heterocycles. The summed E-state index contributed by atoms with van der Waals surface area (Å²) in [7, 11) is 0. The second-order valence-corrected chi connectivity index (χ2v) is 5.03. The lowest BCUT2D eigenvalue weighted by atomic mass is 10.4. The van der Waals surface area contributed by atoms with Crippen molar-refractivity contribution in [2.24, 2.45) is 0 Å². The van der Waals surface area contributed by atoms with Gasteiger partial charge in [0.1, 0.15) is 5.69 Å². The number of H-pyrrole nitrogens is 1. The summed E-state index contributed by atoms with van der Waals surface area (Å²) in [5.41, 5.74) is 6.50. The Morgan fingerprint density at radius 1 is 1.56 bits per heavy atom. The molecule has 2 heterocycles. The lowest BCUT2D eigenvalue weighted by Crippen LogP contribution is -2.22. The molecule has 0 spiro atoms. The molecular formula is C10H10ClN3OS. The first-order chi connectivity index (χ1) is 7.65. The standard InChI is InChI=1S/C10H10ClN3OS/c11-9-2-1-7(16-9)5-14-10(15)8-3-6(12)4-13-8/h1-4,13H,5,12H2,(H,14,15). The normalized spacial score (nSPS) is 10.3. The predicted molar refractivity (Wildman–Crippen MR) is 65.7 cm³/mol. The van der Waals surface area contributed by atoms with Gasteiger partial charge in [-0.15, -0.1) is 11.3 Å². The summed E-state index contributed by atoms with van der Waals surface area (Å²) in [6.45, 7) is 0.467. The number of anilines is 1. The first-order valence-corrected chi connectivity index (χ1v) is 5.81. The molecule has 0 aromatic carbocycles. The Labute approximate surface area is 101 Å². The van der Waals surface area contributed by atoms with Crippen LogP contribution in [-0.4, -0.2) is 10.9 Å². The molecule has 2 aromatic rings. The molecule has 6 heteroatoms. The van der Waals surface area contributed by atoms with Crippen molar-refractivity contribution in [3.8, 4) is 0 Å². The van der Waals surface area contributed by atoms with Crippen LogP contribution in [0.1, 0.15) is 15.4 Å². The quantitative estimate of drug-likeness (QED) is 0.787. The third-order valence-electron chi connectivity index (χ3n) is 2.00. The van der Waals surface area contributed by atoms with Crippen LogP contribution in [0.3, 0.4) is 0 Å². The van der Waals surface area contributed by atoms with Crippen LogP contribution in [0.25, 0.3) is 0 Å². The smallest absolute Gasteiger partial charge is 0.268 e. The maximum atomic E-state index is 11.6. The number of rotatable bonds is 3. The minimum absolute atomic E-state index is 0.179. The number of hydrogen-bond donors (Lipinski definition) is 3. The third-order valence-corrected chi connectivity index (χ3v) is 3.23. The number of amides is 1. The van der Waals surface area contributed by atoms with Crippen LogP contribution in [0.5, 0.6) is 0 Å². The summed E-state index contributed by atoms with van der Waals surface area (Å²) in [6.07, 6.45) is 1.58. The van der Waals surface area contributed by atoms with Crippen molar-refractivity contribution in [1.29, 1.82) is 0 Å². The van der Waals surface area contributed by atoms with E-state index < -0.39 is 0 Å². The molecule has 2 rings (SSSR count). The van der Waals surface area contributed by atoms with Crippen molar-refractivity contribution in [3.63, 3.8) is 0 Å². The van der Waals surface area contributed by atoms with Crippen molar-refractivity contribution >= 4 is 34.5 Å². The van der Waals surface area contributed by atoms with Gasteiger partial charge in [0.15, 0.2) is 0 Å². The summed E-state index contributed by atoms with van der Waals surface area (Å²) >= 11 is 7.23. The summed E-state index contributed by atoms with van der Waals surface area (Å²) in [6, 6.07) is 5.29. The van der Waals surface area contributed by atoms with Crippen molar-refractivity contribution < 1.29 is 4.79 Å². The van der Waals surface area contributed by atoms with Gasteiger partial charge in [-0.2, -0.15) is 0 Å². The Balaban J connectivity index is 1.93. The van der Waals surface area contributed by atoms with Gasteiger partial charge >= 0.3 is 0 Å². The van der Waals surface area contributed by atoms with E-state index >= 15 is 0 Å². The maximum absolute atomic E-state index is 11.6. The highest BCUT2D eigenvalue weighted by molar-refractivity contribution is 7.16. The monoisotopic (exact) mass is 255 g/mol. The molecule has 4 N–H and O–H groups in total. The minimum Gasteiger partial charge on any atom is -0.397 e. The molecule has 84 valence electrons. The highest BCUT2D eigenvalue weighted by Gasteiger charge is 2.07. The first kappa shape index (κ1) is 11.0. The lowest BCUT2D eigenvalue weighted by molar-refractivity contribution is 0.0947. The van der Waals surface area contributed by atoms with Gasteiger partial charge in [-0.25, -0.2) is 0 Å². The average Bonchev–Trinajstić information content (AvgIpc) is 2.84. The van der Waals surface area contributed by atoms with E-state index in [4.69, 9.17) is 17.3 Å². The molecule has 0 radical (unpaired) electrons. The van der Waals surface area contributed by atoms with E-state index in [1.807, 2.05) is 6.07 Å². The molecule has 0 unspecified atom stereocenters. The number of nitrogens with two attached hydrogens (primary N) is 1. The topological polar surface area (TPSA) is 70.9 Å². The van der Waals surface area contributed by atoms with Gasteiger partial charge in [0.05, 0.1) is 10.9 Å². The lowest BCUT2D eigenvalue weighted by Gasteiger charge is -2.00. The van der Waals surface area contributed by atoms with E-state index in [2.05, 4.69) is 10.3 Å². The molecular weight excluding hydrogens is 246 g/mol. The molecule has 0 saturated carbocycles. The number of nitrogen functional groups attached to an aromatic ring is 1. The number of carbonyl (C=O) groups excluding carboxylic acids is 1. The molecule has 0 bridgehead atoms. The molecule has 0 aliphatic carbocycles. The number of carbonyl (C=O) groups is 1. The van der Waals surface area contributed by atoms with Gasteiger partial charge in [0, 0.05) is 16.8 Å². The van der Waals surface area contributed by atoms with Crippen LogP contribution < -0.4 is 11.1 Å².